The van der Waals surface area contributed by atoms with E-state index in [4.69, 9.17) is 0 Å². The quantitative estimate of drug-likeness (QED) is 0.250. The fourth-order valence-electron chi connectivity index (χ4n) is 7.05. The first-order valence-electron chi connectivity index (χ1n) is 15.1. The predicted octanol–water partition coefficient (Wildman–Crippen LogP) is 6.20. The summed E-state index contributed by atoms with van der Waals surface area (Å²) in [5.41, 5.74) is 8.22. The van der Waals surface area contributed by atoms with E-state index in [1.807, 2.05) is 36.3 Å². The number of hydrogen-bond donors (Lipinski definition) is 2. The maximum absolute atomic E-state index is 14.0. The van der Waals surface area contributed by atoms with Crippen LogP contribution in [0.15, 0.2) is 72.9 Å². The van der Waals surface area contributed by atoms with Crippen LogP contribution in [0.25, 0.3) is 10.9 Å². The molecule has 4 aromatic rings. The number of fused-ring (bicyclic) bond motifs is 3. The monoisotopic (exact) mass is 595 g/mol. The molecule has 0 unspecified atom stereocenters. The molecule has 224 valence electrons. The number of aromatic amines is 1. The van der Waals surface area contributed by atoms with Crippen molar-refractivity contribution in [2.45, 2.75) is 51.1 Å². The molecule has 2 aliphatic heterocycles. The Morgan fingerprint density at radius 1 is 1.02 bits per heavy atom. The molecular formula is C35H41N5O2S. The van der Waals surface area contributed by atoms with Gasteiger partial charge in [-0.05, 0) is 55.5 Å². The van der Waals surface area contributed by atoms with Crippen molar-refractivity contribution in [3.8, 4) is 0 Å². The van der Waals surface area contributed by atoms with Crippen LogP contribution in [-0.2, 0) is 23.2 Å². The summed E-state index contributed by atoms with van der Waals surface area (Å²) in [5.74, 6) is -0.0911. The van der Waals surface area contributed by atoms with Gasteiger partial charge in [-0.1, -0.05) is 77.7 Å². The summed E-state index contributed by atoms with van der Waals surface area (Å²) in [5, 5.41) is 4.24. The zero-order valence-electron chi connectivity index (χ0n) is 25.5. The van der Waals surface area contributed by atoms with Crippen molar-refractivity contribution in [2.75, 3.05) is 37.2 Å². The molecule has 3 amide bonds. The van der Waals surface area contributed by atoms with Crippen LogP contribution in [0, 0.1) is 13.8 Å². The van der Waals surface area contributed by atoms with Crippen molar-refractivity contribution in [2.24, 2.45) is 0 Å². The second-order valence-electron chi connectivity index (χ2n) is 12.3. The van der Waals surface area contributed by atoms with E-state index in [0.717, 1.165) is 41.4 Å². The molecule has 43 heavy (non-hydrogen) atoms. The highest BCUT2D eigenvalue weighted by atomic mass is 32.2. The topological polar surface area (TPSA) is 71.7 Å². The van der Waals surface area contributed by atoms with E-state index in [1.165, 1.54) is 22.4 Å². The number of likely N-dealkylation sites (N-methyl/N-ethyl adjacent to an activating group) is 1. The lowest BCUT2D eigenvalue weighted by Gasteiger charge is -2.40. The maximum atomic E-state index is 14.0. The molecule has 1 spiro atoms. The van der Waals surface area contributed by atoms with Crippen molar-refractivity contribution < 1.29 is 9.59 Å². The molecule has 3 aromatic carbocycles. The van der Waals surface area contributed by atoms with Gasteiger partial charge in [0, 0.05) is 68.4 Å². The molecule has 0 bridgehead atoms. The van der Waals surface area contributed by atoms with Crippen LogP contribution in [0.2, 0.25) is 0 Å². The number of piperidine rings is 1. The van der Waals surface area contributed by atoms with E-state index >= 15 is 0 Å². The normalized spacial score (nSPS) is 16.4. The van der Waals surface area contributed by atoms with Gasteiger partial charge in [-0.25, -0.2) is 4.79 Å². The number of likely N-dealkylation sites (tertiary alicyclic amines) is 1. The number of benzene rings is 3. The second-order valence-corrected chi connectivity index (χ2v) is 13.1. The van der Waals surface area contributed by atoms with Gasteiger partial charge in [0.15, 0.2) is 0 Å². The van der Waals surface area contributed by atoms with Crippen LogP contribution >= 0.6 is 11.9 Å². The number of urea groups is 1. The SMILES string of the molecule is CSN1CC2(CCN(C(=O)N[C@@H](Cc3c[nH]c4ccccc34)C(=O)N(C)Cc3cc(C)cc(C)c3)CC2)c2ccccc21. The molecule has 2 N–H and O–H groups in total. The van der Waals surface area contributed by atoms with E-state index in [9.17, 15) is 9.59 Å². The number of aromatic nitrogens is 1. The third-order valence-electron chi connectivity index (χ3n) is 9.19. The van der Waals surface area contributed by atoms with Crippen LogP contribution in [0.5, 0.6) is 0 Å². The van der Waals surface area contributed by atoms with Gasteiger partial charge in [-0.15, -0.1) is 0 Å². The summed E-state index contributed by atoms with van der Waals surface area (Å²) in [7, 11) is 1.83. The number of anilines is 1. The Labute approximate surface area is 258 Å². The molecule has 1 atom stereocenters. The summed E-state index contributed by atoms with van der Waals surface area (Å²) >= 11 is 1.76. The molecular weight excluding hydrogens is 554 g/mol. The standard InChI is InChI=1S/C35H41N5O2S/c1-24-17-25(2)19-26(18-24)22-38(3)33(41)31(20-27-21-36-30-11-7-5-9-28(27)30)37-34(42)39-15-13-35(14-16-39)23-40(43-4)32-12-8-6-10-29(32)35/h5-12,17-19,21,31,36H,13-16,20,22-23H2,1-4H3,(H,37,42)/t31-/m0/s1. The number of aryl methyl sites for hydroxylation is 2. The minimum absolute atomic E-state index is 0.0573. The molecule has 1 aromatic heterocycles. The lowest BCUT2D eigenvalue weighted by molar-refractivity contribution is -0.132. The van der Waals surface area contributed by atoms with Crippen molar-refractivity contribution in [1.29, 1.82) is 0 Å². The number of rotatable bonds is 7. The molecule has 0 radical (unpaired) electrons. The summed E-state index contributed by atoms with van der Waals surface area (Å²) in [6, 6.07) is 22.3. The smallest absolute Gasteiger partial charge is 0.318 e. The van der Waals surface area contributed by atoms with E-state index in [-0.39, 0.29) is 17.4 Å². The van der Waals surface area contributed by atoms with Gasteiger partial charge < -0.3 is 24.4 Å². The molecule has 3 heterocycles. The first-order valence-corrected chi connectivity index (χ1v) is 16.3. The van der Waals surface area contributed by atoms with Crippen LogP contribution in [0.1, 0.15) is 40.7 Å². The van der Waals surface area contributed by atoms with Gasteiger partial charge in [0.1, 0.15) is 6.04 Å². The average Bonchev–Trinajstić information content (AvgIpc) is 3.55. The number of nitrogens with zero attached hydrogens (tertiary/aromatic N) is 3. The predicted molar refractivity (Wildman–Crippen MR) is 177 cm³/mol. The first-order chi connectivity index (χ1) is 20.8. The van der Waals surface area contributed by atoms with Gasteiger partial charge in [0.25, 0.3) is 0 Å². The van der Waals surface area contributed by atoms with Gasteiger partial charge in [-0.3, -0.25) is 4.79 Å². The zero-order chi connectivity index (χ0) is 30.1. The summed E-state index contributed by atoms with van der Waals surface area (Å²) < 4.78 is 2.38. The van der Waals surface area contributed by atoms with Crippen molar-refractivity contribution in [3.05, 3.63) is 101 Å². The van der Waals surface area contributed by atoms with Crippen molar-refractivity contribution >= 4 is 40.5 Å². The molecule has 0 saturated carbocycles. The molecule has 1 fully saturated rings. The van der Waals surface area contributed by atoms with Gasteiger partial charge in [-0.2, -0.15) is 0 Å². The number of hydrogen-bond acceptors (Lipinski definition) is 4. The molecule has 2 aliphatic rings. The van der Waals surface area contributed by atoms with Crippen molar-refractivity contribution in [3.63, 3.8) is 0 Å². The second kappa shape index (κ2) is 12.0. The summed E-state index contributed by atoms with van der Waals surface area (Å²) in [6.07, 6.45) is 6.31. The van der Waals surface area contributed by atoms with E-state index < -0.39 is 6.04 Å². The van der Waals surface area contributed by atoms with Crippen molar-refractivity contribution in [1.82, 2.24) is 20.1 Å². The molecule has 0 aliphatic carbocycles. The number of amides is 3. The maximum Gasteiger partial charge on any atom is 0.318 e. The summed E-state index contributed by atoms with van der Waals surface area (Å²) in [4.78, 5) is 34.7. The summed E-state index contributed by atoms with van der Waals surface area (Å²) in [6.45, 7) is 6.92. The lowest BCUT2D eigenvalue weighted by Crippen LogP contribution is -2.55. The minimum atomic E-state index is -0.683. The Morgan fingerprint density at radius 2 is 1.72 bits per heavy atom. The first kappa shape index (κ1) is 29.2. The molecule has 7 nitrogen and oxygen atoms in total. The molecule has 8 heteroatoms. The van der Waals surface area contributed by atoms with Gasteiger partial charge in [0.2, 0.25) is 5.91 Å². The Balaban J connectivity index is 1.19. The number of carbonyl (C=O) groups is 2. The van der Waals surface area contributed by atoms with Crippen LogP contribution in [0.3, 0.4) is 0 Å². The van der Waals surface area contributed by atoms with E-state index in [1.54, 1.807) is 16.8 Å². The molecule has 1 saturated heterocycles. The highest BCUT2D eigenvalue weighted by Gasteiger charge is 2.45. The third-order valence-corrected chi connectivity index (χ3v) is 9.96. The number of carbonyl (C=O) groups excluding carboxylic acids is 2. The zero-order valence-corrected chi connectivity index (χ0v) is 26.3. The highest BCUT2D eigenvalue weighted by Crippen LogP contribution is 2.48. The van der Waals surface area contributed by atoms with Gasteiger partial charge in [0.05, 0.1) is 5.69 Å². The van der Waals surface area contributed by atoms with Crippen LogP contribution in [0.4, 0.5) is 10.5 Å². The third kappa shape index (κ3) is 5.85. The fourth-order valence-corrected chi connectivity index (χ4v) is 7.78. The number of nitrogens with one attached hydrogen (secondary N) is 2. The minimum Gasteiger partial charge on any atom is -0.361 e. The van der Waals surface area contributed by atoms with E-state index in [2.05, 4.69) is 83.2 Å². The van der Waals surface area contributed by atoms with E-state index in [0.29, 0.717) is 26.1 Å². The average molecular weight is 596 g/mol. The largest absolute Gasteiger partial charge is 0.361 e. The van der Waals surface area contributed by atoms with Gasteiger partial charge >= 0.3 is 6.03 Å². The Bertz CT molecular complexity index is 1620. The lowest BCUT2D eigenvalue weighted by atomic mass is 9.74. The number of H-pyrrole nitrogens is 1. The Morgan fingerprint density at radius 3 is 2.47 bits per heavy atom. The Hall–Kier alpha value is -3.91. The number of para-hydroxylation sites is 2. The highest BCUT2D eigenvalue weighted by molar-refractivity contribution is 8.00. The van der Waals surface area contributed by atoms with Crippen LogP contribution < -0.4 is 9.62 Å². The Kier molecular flexibility index (Phi) is 8.14. The van der Waals surface area contributed by atoms with Crippen LogP contribution in [-0.4, -0.2) is 65.7 Å². The molecule has 6 rings (SSSR count). The fraction of sp³-hybridized carbons (Fsp3) is 0.371.